The molecule has 1 aromatic carbocycles. The molecule has 2 fully saturated rings. The van der Waals surface area contributed by atoms with Crippen molar-refractivity contribution in [1.29, 1.82) is 0 Å². The van der Waals surface area contributed by atoms with E-state index in [0.717, 1.165) is 41.5 Å². The van der Waals surface area contributed by atoms with E-state index in [1.807, 2.05) is 0 Å². The summed E-state index contributed by atoms with van der Waals surface area (Å²) in [6.07, 6.45) is 5.18. The number of halogens is 1. The van der Waals surface area contributed by atoms with Crippen LogP contribution < -0.4 is 0 Å². The highest BCUT2D eigenvalue weighted by Gasteiger charge is 2.36. The number of rotatable bonds is 6. The third-order valence-electron chi connectivity index (χ3n) is 4.98. The molecule has 3 amide bonds. The summed E-state index contributed by atoms with van der Waals surface area (Å²) in [5.74, 6) is -0.454. The smallest absolute Gasteiger partial charge is 0.293 e. The minimum atomic E-state index is -0.381. The summed E-state index contributed by atoms with van der Waals surface area (Å²) >= 11 is 6.84. The van der Waals surface area contributed by atoms with E-state index < -0.39 is 0 Å². The molecule has 2 saturated heterocycles. The first-order valence-electron chi connectivity index (χ1n) is 9.41. The lowest BCUT2D eigenvalue weighted by Crippen LogP contribution is -2.45. The van der Waals surface area contributed by atoms with E-state index in [0.29, 0.717) is 22.9 Å². The lowest BCUT2D eigenvalue weighted by atomic mass is 9.99. The van der Waals surface area contributed by atoms with E-state index in [4.69, 9.17) is 11.6 Å². The number of carbonyl (C=O) groups is 3. The van der Waals surface area contributed by atoms with Gasteiger partial charge in [0.2, 0.25) is 5.91 Å². The van der Waals surface area contributed by atoms with E-state index >= 15 is 0 Å². The SMILES string of the molecule is O=C1S/C(=C\c2cccc(Cl)c2)C(=O)N1CCC(=O)N1CCCCC1CCO. The number of piperidine rings is 1. The Kier molecular flexibility index (Phi) is 7.15. The number of aliphatic hydroxyl groups excluding tert-OH is 1. The van der Waals surface area contributed by atoms with Gasteiger partial charge >= 0.3 is 0 Å². The molecule has 1 N–H and O–H groups in total. The van der Waals surface area contributed by atoms with Gasteiger partial charge in [0.1, 0.15) is 0 Å². The molecule has 6 nitrogen and oxygen atoms in total. The highest BCUT2D eigenvalue weighted by Crippen LogP contribution is 2.32. The molecule has 0 aromatic heterocycles. The molecule has 8 heteroatoms. The average Bonchev–Trinajstić information content (AvgIpc) is 2.93. The van der Waals surface area contributed by atoms with Gasteiger partial charge < -0.3 is 10.0 Å². The molecule has 0 radical (unpaired) electrons. The van der Waals surface area contributed by atoms with E-state index in [2.05, 4.69) is 0 Å². The fourth-order valence-electron chi connectivity index (χ4n) is 3.57. The molecule has 3 rings (SSSR count). The lowest BCUT2D eigenvalue weighted by Gasteiger charge is -2.36. The van der Waals surface area contributed by atoms with Crippen molar-refractivity contribution in [3.05, 3.63) is 39.8 Å². The Bertz CT molecular complexity index is 796. The van der Waals surface area contributed by atoms with Crippen LogP contribution in [0, 0.1) is 0 Å². The van der Waals surface area contributed by atoms with Crippen molar-refractivity contribution >= 4 is 46.5 Å². The second-order valence-electron chi connectivity index (χ2n) is 6.89. The highest BCUT2D eigenvalue weighted by atomic mass is 35.5. The van der Waals surface area contributed by atoms with Crippen molar-refractivity contribution < 1.29 is 19.5 Å². The summed E-state index contributed by atoms with van der Waals surface area (Å²) in [5.41, 5.74) is 0.745. The van der Waals surface area contributed by atoms with Gasteiger partial charge in [0.25, 0.3) is 11.1 Å². The standard InChI is InChI=1S/C20H23ClN2O4S/c21-15-5-3-4-14(12-15)13-17-19(26)23(20(27)28-17)10-7-18(25)22-9-2-1-6-16(22)8-11-24/h3-5,12-13,16,24H,1-2,6-11H2/b17-13-. The molecule has 1 unspecified atom stereocenters. The minimum absolute atomic E-state index is 0.0453. The quantitative estimate of drug-likeness (QED) is 0.709. The molecule has 1 aromatic rings. The normalized spacial score (nSPS) is 21.6. The maximum atomic E-state index is 12.6. The first kappa shape index (κ1) is 20.9. The van der Waals surface area contributed by atoms with Gasteiger partial charge in [-0.15, -0.1) is 0 Å². The summed E-state index contributed by atoms with van der Waals surface area (Å²) in [4.78, 5) is 40.7. The number of nitrogens with zero attached hydrogens (tertiary/aromatic N) is 2. The number of hydrogen-bond donors (Lipinski definition) is 1. The summed E-state index contributed by atoms with van der Waals surface area (Å²) in [6.45, 7) is 0.782. The minimum Gasteiger partial charge on any atom is -0.396 e. The predicted molar refractivity (Wildman–Crippen MR) is 110 cm³/mol. The molecule has 28 heavy (non-hydrogen) atoms. The summed E-state index contributed by atoms with van der Waals surface area (Å²) in [7, 11) is 0. The maximum absolute atomic E-state index is 12.6. The summed E-state index contributed by atoms with van der Waals surface area (Å²) < 4.78 is 0. The zero-order valence-corrected chi connectivity index (χ0v) is 17.0. The van der Waals surface area contributed by atoms with Gasteiger partial charge in [-0.25, -0.2) is 0 Å². The molecule has 0 spiro atoms. The molecule has 0 saturated carbocycles. The van der Waals surface area contributed by atoms with Crippen molar-refractivity contribution in [3.63, 3.8) is 0 Å². The van der Waals surface area contributed by atoms with E-state index in [1.165, 1.54) is 0 Å². The van der Waals surface area contributed by atoms with Crippen LogP contribution in [0.5, 0.6) is 0 Å². The molecule has 150 valence electrons. The van der Waals surface area contributed by atoms with Crippen molar-refractivity contribution in [3.8, 4) is 0 Å². The van der Waals surface area contributed by atoms with Gasteiger partial charge in [-0.05, 0) is 61.2 Å². The largest absolute Gasteiger partial charge is 0.396 e. The van der Waals surface area contributed by atoms with Crippen LogP contribution >= 0.6 is 23.4 Å². The van der Waals surface area contributed by atoms with Crippen molar-refractivity contribution in [2.45, 2.75) is 38.1 Å². The van der Waals surface area contributed by atoms with Crippen LogP contribution in [0.15, 0.2) is 29.2 Å². The molecular weight excluding hydrogens is 400 g/mol. The van der Waals surface area contributed by atoms with Crippen LogP contribution in [0.4, 0.5) is 4.79 Å². The zero-order chi connectivity index (χ0) is 20.1. The number of thioether (sulfide) groups is 1. The lowest BCUT2D eigenvalue weighted by molar-refractivity contribution is -0.135. The molecular formula is C20H23ClN2O4S. The zero-order valence-electron chi connectivity index (χ0n) is 15.5. The van der Waals surface area contributed by atoms with Gasteiger partial charge in [0.15, 0.2) is 0 Å². The van der Waals surface area contributed by atoms with Crippen LogP contribution in [0.2, 0.25) is 5.02 Å². The monoisotopic (exact) mass is 422 g/mol. The Morgan fingerprint density at radius 3 is 2.89 bits per heavy atom. The molecule has 0 bridgehead atoms. The second kappa shape index (κ2) is 9.58. The third-order valence-corrected chi connectivity index (χ3v) is 6.12. The van der Waals surface area contributed by atoms with Crippen LogP contribution in [0.25, 0.3) is 6.08 Å². The predicted octanol–water partition coefficient (Wildman–Crippen LogP) is 3.53. The Morgan fingerprint density at radius 1 is 1.32 bits per heavy atom. The van der Waals surface area contributed by atoms with Gasteiger partial charge in [-0.1, -0.05) is 23.7 Å². The van der Waals surface area contributed by atoms with Crippen molar-refractivity contribution in [1.82, 2.24) is 9.80 Å². The number of imide groups is 1. The fourth-order valence-corrected chi connectivity index (χ4v) is 4.63. The number of benzene rings is 1. The molecule has 2 aliphatic heterocycles. The number of aliphatic hydroxyl groups is 1. The van der Waals surface area contributed by atoms with E-state index in [-0.39, 0.29) is 42.7 Å². The Hall–Kier alpha value is -1.83. The first-order chi connectivity index (χ1) is 13.5. The topological polar surface area (TPSA) is 77.9 Å². The Morgan fingerprint density at radius 2 is 2.14 bits per heavy atom. The number of carbonyl (C=O) groups excluding carboxylic acids is 3. The molecule has 1 atom stereocenters. The summed E-state index contributed by atoms with van der Waals surface area (Å²) in [5, 5.41) is 9.39. The molecule has 2 heterocycles. The van der Waals surface area contributed by atoms with E-state index in [9.17, 15) is 19.5 Å². The van der Waals surface area contributed by atoms with Crippen LogP contribution in [0.1, 0.15) is 37.7 Å². The van der Waals surface area contributed by atoms with Gasteiger partial charge in [0, 0.05) is 37.2 Å². The van der Waals surface area contributed by atoms with Crippen LogP contribution in [0.3, 0.4) is 0 Å². The van der Waals surface area contributed by atoms with Gasteiger partial charge in [0.05, 0.1) is 4.91 Å². The van der Waals surface area contributed by atoms with Crippen molar-refractivity contribution in [2.24, 2.45) is 0 Å². The van der Waals surface area contributed by atoms with Crippen LogP contribution in [-0.2, 0) is 9.59 Å². The van der Waals surface area contributed by atoms with E-state index in [1.54, 1.807) is 35.2 Å². The second-order valence-corrected chi connectivity index (χ2v) is 8.32. The van der Waals surface area contributed by atoms with Gasteiger partial charge in [-0.3, -0.25) is 19.3 Å². The number of likely N-dealkylation sites (tertiary alicyclic amines) is 1. The molecule has 0 aliphatic carbocycles. The highest BCUT2D eigenvalue weighted by molar-refractivity contribution is 8.18. The Balaban J connectivity index is 1.62. The molecule has 2 aliphatic rings. The van der Waals surface area contributed by atoms with Crippen LogP contribution in [-0.4, -0.2) is 57.7 Å². The van der Waals surface area contributed by atoms with Gasteiger partial charge in [-0.2, -0.15) is 0 Å². The third kappa shape index (κ3) is 4.96. The first-order valence-corrected chi connectivity index (χ1v) is 10.6. The Labute approximate surface area is 173 Å². The average molecular weight is 423 g/mol. The summed E-state index contributed by atoms with van der Waals surface area (Å²) in [6, 6.07) is 7.08. The maximum Gasteiger partial charge on any atom is 0.293 e. The fraction of sp³-hybridized carbons (Fsp3) is 0.450. The van der Waals surface area contributed by atoms with Crippen molar-refractivity contribution in [2.75, 3.05) is 19.7 Å². The number of amides is 3. The number of hydrogen-bond acceptors (Lipinski definition) is 5.